The first-order valence-corrected chi connectivity index (χ1v) is 6.71. The summed E-state index contributed by atoms with van der Waals surface area (Å²) < 4.78 is 30.3. The predicted molar refractivity (Wildman–Crippen MR) is 62.1 cm³/mol. The standard InChI is InChI=1S/C9H13N3O6S/c1-3-18-6(13)4-10-19(16,17)8-5(2)11-12-7(8)9(14)15/h10H,3-4H2,1-2H3,(H,11,12)(H,14,15). The van der Waals surface area contributed by atoms with Gasteiger partial charge in [-0.1, -0.05) is 0 Å². The third kappa shape index (κ3) is 3.51. The van der Waals surface area contributed by atoms with Crippen molar-refractivity contribution in [2.24, 2.45) is 0 Å². The Hall–Kier alpha value is -1.94. The zero-order chi connectivity index (χ0) is 14.6. The molecule has 10 heteroatoms. The molecule has 0 unspecified atom stereocenters. The van der Waals surface area contributed by atoms with Crippen LogP contribution < -0.4 is 4.72 Å². The molecule has 1 heterocycles. The molecule has 3 N–H and O–H groups in total. The highest BCUT2D eigenvalue weighted by atomic mass is 32.2. The molecule has 9 nitrogen and oxygen atoms in total. The number of ether oxygens (including phenoxy) is 1. The summed E-state index contributed by atoms with van der Waals surface area (Å²) in [4.78, 5) is 21.4. The molecule has 1 aromatic rings. The summed E-state index contributed by atoms with van der Waals surface area (Å²) in [7, 11) is -4.16. The maximum Gasteiger partial charge on any atom is 0.357 e. The number of esters is 1. The van der Waals surface area contributed by atoms with Crippen molar-refractivity contribution < 1.29 is 27.9 Å². The fraction of sp³-hybridized carbons (Fsp3) is 0.444. The SMILES string of the molecule is CCOC(=O)CNS(=O)(=O)c1c(C(=O)O)n[nH]c1C. The fourth-order valence-corrected chi connectivity index (χ4v) is 2.62. The lowest BCUT2D eigenvalue weighted by molar-refractivity contribution is -0.141. The first-order valence-electron chi connectivity index (χ1n) is 5.23. The quantitative estimate of drug-likeness (QED) is 0.586. The van der Waals surface area contributed by atoms with Crippen LogP contribution in [0.1, 0.15) is 23.1 Å². The molecule has 0 aliphatic carbocycles. The Kier molecular flexibility index (Phi) is 4.62. The van der Waals surface area contributed by atoms with E-state index in [1.165, 1.54) is 6.92 Å². The number of aromatic carboxylic acids is 1. The van der Waals surface area contributed by atoms with Crippen LogP contribution in [0.2, 0.25) is 0 Å². The molecule has 0 bridgehead atoms. The van der Waals surface area contributed by atoms with E-state index in [9.17, 15) is 18.0 Å². The predicted octanol–water partition coefficient (Wildman–Crippen LogP) is -0.742. The lowest BCUT2D eigenvalue weighted by Crippen LogP contribution is -2.31. The number of nitrogens with one attached hydrogen (secondary N) is 2. The van der Waals surface area contributed by atoms with Gasteiger partial charge in [0.05, 0.1) is 12.3 Å². The van der Waals surface area contributed by atoms with E-state index >= 15 is 0 Å². The summed E-state index contributed by atoms with van der Waals surface area (Å²) >= 11 is 0. The minimum atomic E-state index is -4.16. The van der Waals surface area contributed by atoms with E-state index < -0.39 is 39.1 Å². The van der Waals surface area contributed by atoms with Gasteiger partial charge in [0.2, 0.25) is 10.0 Å². The summed E-state index contributed by atoms with van der Waals surface area (Å²) in [5, 5.41) is 14.5. The number of carbonyl (C=O) groups excluding carboxylic acids is 1. The molecule has 0 radical (unpaired) electrons. The molecule has 0 saturated heterocycles. The molecule has 0 saturated carbocycles. The van der Waals surface area contributed by atoms with Crippen molar-refractivity contribution in [3.63, 3.8) is 0 Å². The normalized spacial score (nSPS) is 11.3. The van der Waals surface area contributed by atoms with E-state index in [0.29, 0.717) is 0 Å². The van der Waals surface area contributed by atoms with Crippen LogP contribution in [0.25, 0.3) is 0 Å². The first kappa shape index (κ1) is 15.1. The van der Waals surface area contributed by atoms with Crippen molar-refractivity contribution >= 4 is 22.0 Å². The average Bonchev–Trinajstić information content (AvgIpc) is 2.70. The van der Waals surface area contributed by atoms with Crippen LogP contribution in [0, 0.1) is 6.92 Å². The van der Waals surface area contributed by atoms with Gasteiger partial charge in [-0.25, -0.2) is 13.2 Å². The van der Waals surface area contributed by atoms with Crippen molar-refractivity contribution in [1.82, 2.24) is 14.9 Å². The number of hydrogen-bond donors (Lipinski definition) is 3. The zero-order valence-corrected chi connectivity index (χ0v) is 11.1. The molecular formula is C9H13N3O6S. The van der Waals surface area contributed by atoms with Crippen LogP contribution in [0.5, 0.6) is 0 Å². The second-order valence-corrected chi connectivity index (χ2v) is 5.16. The molecular weight excluding hydrogens is 278 g/mol. The van der Waals surface area contributed by atoms with E-state index in [4.69, 9.17) is 5.11 Å². The van der Waals surface area contributed by atoms with Gasteiger partial charge in [0.15, 0.2) is 5.69 Å². The van der Waals surface area contributed by atoms with Crippen LogP contribution >= 0.6 is 0 Å². The second kappa shape index (κ2) is 5.80. The van der Waals surface area contributed by atoms with Gasteiger partial charge in [0.25, 0.3) is 0 Å². The van der Waals surface area contributed by atoms with E-state index in [1.54, 1.807) is 6.92 Å². The topological polar surface area (TPSA) is 138 Å². The van der Waals surface area contributed by atoms with Gasteiger partial charge in [-0.2, -0.15) is 9.82 Å². The highest BCUT2D eigenvalue weighted by molar-refractivity contribution is 7.89. The number of H-pyrrole nitrogens is 1. The fourth-order valence-electron chi connectivity index (χ4n) is 1.33. The molecule has 106 valence electrons. The van der Waals surface area contributed by atoms with Crippen molar-refractivity contribution in [1.29, 1.82) is 0 Å². The number of aromatic nitrogens is 2. The van der Waals surface area contributed by atoms with E-state index in [1.807, 2.05) is 4.72 Å². The smallest absolute Gasteiger partial charge is 0.357 e. The Balaban J connectivity index is 2.98. The Bertz CT molecular complexity index is 591. The largest absolute Gasteiger partial charge is 0.476 e. The van der Waals surface area contributed by atoms with Crippen molar-refractivity contribution in [3.05, 3.63) is 11.4 Å². The number of carboxylic acids is 1. The van der Waals surface area contributed by atoms with E-state index in [2.05, 4.69) is 14.9 Å². The highest BCUT2D eigenvalue weighted by Gasteiger charge is 2.28. The number of aromatic amines is 1. The third-order valence-electron chi connectivity index (χ3n) is 2.07. The van der Waals surface area contributed by atoms with E-state index in [-0.39, 0.29) is 12.3 Å². The molecule has 0 aromatic carbocycles. The Morgan fingerprint density at radius 3 is 2.63 bits per heavy atom. The van der Waals surface area contributed by atoms with Gasteiger partial charge < -0.3 is 9.84 Å². The summed E-state index contributed by atoms with van der Waals surface area (Å²) in [6.07, 6.45) is 0. The lowest BCUT2D eigenvalue weighted by Gasteiger charge is -2.06. The molecule has 1 rings (SSSR count). The van der Waals surface area contributed by atoms with Gasteiger partial charge in [0, 0.05) is 0 Å². The monoisotopic (exact) mass is 291 g/mol. The number of aryl methyl sites for hydroxylation is 1. The van der Waals surface area contributed by atoms with Crippen LogP contribution in [0.3, 0.4) is 0 Å². The molecule has 19 heavy (non-hydrogen) atoms. The number of carboxylic acid groups (broad SMARTS) is 1. The van der Waals surface area contributed by atoms with Crippen molar-refractivity contribution in [2.45, 2.75) is 18.7 Å². The maximum atomic E-state index is 11.9. The van der Waals surface area contributed by atoms with Gasteiger partial charge >= 0.3 is 11.9 Å². The molecule has 0 fully saturated rings. The number of rotatable bonds is 6. The van der Waals surface area contributed by atoms with Gasteiger partial charge in [-0.15, -0.1) is 0 Å². The summed E-state index contributed by atoms with van der Waals surface area (Å²) in [6.45, 7) is 2.47. The second-order valence-electron chi connectivity index (χ2n) is 3.46. The van der Waals surface area contributed by atoms with Crippen LogP contribution in [0.15, 0.2) is 4.90 Å². The Morgan fingerprint density at radius 2 is 2.11 bits per heavy atom. The van der Waals surface area contributed by atoms with Crippen LogP contribution in [0.4, 0.5) is 0 Å². The van der Waals surface area contributed by atoms with Gasteiger partial charge in [-0.3, -0.25) is 9.89 Å². The number of carbonyl (C=O) groups is 2. The van der Waals surface area contributed by atoms with Gasteiger partial charge in [-0.05, 0) is 13.8 Å². The van der Waals surface area contributed by atoms with Crippen LogP contribution in [-0.2, 0) is 19.6 Å². The Labute approximate surface area is 109 Å². The molecule has 0 aliphatic heterocycles. The Morgan fingerprint density at radius 1 is 1.47 bits per heavy atom. The molecule has 0 spiro atoms. The number of hydrogen-bond acceptors (Lipinski definition) is 6. The number of nitrogens with zero attached hydrogens (tertiary/aromatic N) is 1. The number of sulfonamides is 1. The summed E-state index contributed by atoms with van der Waals surface area (Å²) in [5.41, 5.74) is -0.567. The summed E-state index contributed by atoms with van der Waals surface area (Å²) in [6, 6.07) is 0. The minimum Gasteiger partial charge on any atom is -0.476 e. The van der Waals surface area contributed by atoms with Crippen molar-refractivity contribution in [3.8, 4) is 0 Å². The average molecular weight is 291 g/mol. The molecule has 0 atom stereocenters. The molecule has 0 aliphatic rings. The van der Waals surface area contributed by atoms with Crippen molar-refractivity contribution in [2.75, 3.05) is 13.2 Å². The van der Waals surface area contributed by atoms with Gasteiger partial charge in [0.1, 0.15) is 11.4 Å². The third-order valence-corrected chi connectivity index (χ3v) is 3.64. The minimum absolute atomic E-state index is 0.0637. The molecule has 0 amide bonds. The maximum absolute atomic E-state index is 11.9. The first-order chi connectivity index (χ1) is 8.79. The zero-order valence-electron chi connectivity index (χ0n) is 10.3. The van der Waals surface area contributed by atoms with E-state index in [0.717, 1.165) is 0 Å². The summed E-state index contributed by atoms with van der Waals surface area (Å²) in [5.74, 6) is -2.25. The molecule has 1 aromatic heterocycles. The van der Waals surface area contributed by atoms with Crippen LogP contribution in [-0.4, -0.2) is 48.8 Å². The highest BCUT2D eigenvalue weighted by Crippen LogP contribution is 2.17. The lowest BCUT2D eigenvalue weighted by atomic mass is 10.4.